The number of hydrogen-bond acceptors (Lipinski definition) is 6. The Kier molecular flexibility index (Phi) is 9.17. The Morgan fingerprint density at radius 3 is 1.25 bits per heavy atom. The van der Waals surface area contributed by atoms with E-state index >= 15 is 0 Å². The van der Waals surface area contributed by atoms with Crippen LogP contribution in [0.25, 0.3) is 155 Å². The highest BCUT2D eigenvalue weighted by Crippen LogP contribution is 2.45. The van der Waals surface area contributed by atoms with Crippen LogP contribution in [0.5, 0.6) is 0 Å². The van der Waals surface area contributed by atoms with Gasteiger partial charge in [0.15, 0.2) is 17.5 Å². The summed E-state index contributed by atoms with van der Waals surface area (Å²) < 4.78 is 18.8. The van der Waals surface area contributed by atoms with E-state index in [1.807, 2.05) is 66.9 Å². The summed E-state index contributed by atoms with van der Waals surface area (Å²) in [6.07, 6.45) is 1.94. The standard InChI is InChI=1S/C68H40N6O2/c1-5-19-41(20-6-1)66-70-67(42-21-7-2-8-22-42)72-68(71-66)56-35-43(46-29-17-30-49-54-36-52-47-27-13-15-33-57(47)73(44-23-9-3-10-24-44)59(52)38-61(54)75-64(46)49)40-69-63(56)51-32-18-31-50-55-37-53-48-28-14-16-34-58(48)74(45-25-11-4-12-26-45)60(53)39-62(55)76-65(50)51/h1-40H. The van der Waals surface area contributed by atoms with Crippen molar-refractivity contribution in [3.63, 3.8) is 0 Å². The molecule has 6 heterocycles. The SMILES string of the molecule is c1ccc(-c2nc(-c3ccccc3)nc(-c3cc(-c4cccc5c4oc4cc6c(cc45)c4ccccc4n6-c4ccccc4)cnc3-c3cccc4c3oc3cc5c(cc34)c3ccccc3n5-c3ccccc3)n2)cc1. The Labute approximate surface area is 434 Å². The van der Waals surface area contributed by atoms with E-state index in [4.69, 9.17) is 28.8 Å². The van der Waals surface area contributed by atoms with Crippen LogP contribution in [0.3, 0.4) is 0 Å². The molecule has 0 N–H and O–H groups in total. The zero-order chi connectivity index (χ0) is 49.8. The normalized spacial score (nSPS) is 11.9. The maximum absolute atomic E-state index is 7.08. The van der Waals surface area contributed by atoms with Gasteiger partial charge in [-0.3, -0.25) is 4.98 Å². The van der Waals surface area contributed by atoms with Crippen molar-refractivity contribution in [2.24, 2.45) is 0 Å². The molecule has 0 unspecified atom stereocenters. The third-order valence-electron chi connectivity index (χ3n) is 15.0. The van der Waals surface area contributed by atoms with Crippen LogP contribution >= 0.6 is 0 Å². The first-order valence-corrected chi connectivity index (χ1v) is 25.4. The minimum absolute atomic E-state index is 0.479. The van der Waals surface area contributed by atoms with Gasteiger partial charge in [-0.2, -0.15) is 0 Å². The van der Waals surface area contributed by atoms with Crippen molar-refractivity contribution in [2.75, 3.05) is 0 Å². The molecule has 0 aliphatic rings. The number of furan rings is 2. The Balaban J connectivity index is 0.936. The molecule has 354 valence electrons. The van der Waals surface area contributed by atoms with Gasteiger partial charge in [0.05, 0.1) is 27.8 Å². The lowest BCUT2D eigenvalue weighted by Gasteiger charge is -2.13. The summed E-state index contributed by atoms with van der Waals surface area (Å²) in [5.74, 6) is 1.59. The average molecular weight is 973 g/mol. The molecule has 16 aromatic rings. The van der Waals surface area contributed by atoms with E-state index in [1.54, 1.807) is 0 Å². The van der Waals surface area contributed by atoms with E-state index < -0.39 is 0 Å². The predicted octanol–water partition coefficient (Wildman–Crippen LogP) is 17.6. The first-order chi connectivity index (χ1) is 37.7. The van der Waals surface area contributed by atoms with E-state index in [9.17, 15) is 0 Å². The summed E-state index contributed by atoms with van der Waals surface area (Å²) in [4.78, 5) is 21.1. The van der Waals surface area contributed by atoms with Crippen molar-refractivity contribution in [1.29, 1.82) is 0 Å². The first kappa shape index (κ1) is 42.1. The molecule has 76 heavy (non-hydrogen) atoms. The topological polar surface area (TPSA) is 87.7 Å². The molecule has 0 spiro atoms. The molecule has 0 fully saturated rings. The van der Waals surface area contributed by atoms with E-state index in [0.717, 1.165) is 121 Å². The zero-order valence-corrected chi connectivity index (χ0v) is 40.6. The molecule has 8 nitrogen and oxygen atoms in total. The summed E-state index contributed by atoms with van der Waals surface area (Å²) >= 11 is 0. The van der Waals surface area contributed by atoms with Gasteiger partial charge >= 0.3 is 0 Å². The smallest absolute Gasteiger partial charge is 0.166 e. The van der Waals surface area contributed by atoms with Crippen LogP contribution in [0.2, 0.25) is 0 Å². The molecular weight excluding hydrogens is 933 g/mol. The van der Waals surface area contributed by atoms with Gasteiger partial charge in [0, 0.05) is 106 Å². The third-order valence-corrected chi connectivity index (χ3v) is 15.0. The van der Waals surface area contributed by atoms with Crippen molar-refractivity contribution < 1.29 is 8.83 Å². The maximum Gasteiger partial charge on any atom is 0.166 e. The van der Waals surface area contributed by atoms with E-state index in [0.29, 0.717) is 23.2 Å². The predicted molar refractivity (Wildman–Crippen MR) is 308 cm³/mol. The molecule has 0 saturated heterocycles. The van der Waals surface area contributed by atoms with Gasteiger partial charge in [0.2, 0.25) is 0 Å². The fourth-order valence-electron chi connectivity index (χ4n) is 11.6. The van der Waals surface area contributed by atoms with Crippen molar-refractivity contribution in [1.82, 2.24) is 29.1 Å². The fourth-order valence-corrected chi connectivity index (χ4v) is 11.6. The number of rotatable bonds is 7. The van der Waals surface area contributed by atoms with E-state index in [2.05, 4.69) is 185 Å². The van der Waals surface area contributed by atoms with Crippen LogP contribution in [0.1, 0.15) is 0 Å². The van der Waals surface area contributed by atoms with Crippen molar-refractivity contribution >= 4 is 87.5 Å². The Bertz CT molecular complexity index is 4920. The molecule has 0 aliphatic carbocycles. The molecule has 6 aromatic heterocycles. The van der Waals surface area contributed by atoms with Crippen molar-refractivity contribution in [3.8, 4) is 67.9 Å². The van der Waals surface area contributed by atoms with Gasteiger partial charge in [-0.25, -0.2) is 15.0 Å². The minimum Gasteiger partial charge on any atom is -0.455 e. The first-order valence-electron chi connectivity index (χ1n) is 25.4. The highest BCUT2D eigenvalue weighted by molar-refractivity contribution is 6.20. The Hall–Kier alpha value is -10.4. The summed E-state index contributed by atoms with van der Waals surface area (Å²) in [5, 5.41) is 8.74. The molecule has 0 saturated carbocycles. The van der Waals surface area contributed by atoms with Gasteiger partial charge in [-0.1, -0.05) is 164 Å². The number of benzene rings is 10. The summed E-state index contributed by atoms with van der Waals surface area (Å²) in [6, 6.07) is 82.1. The molecule has 0 bridgehead atoms. The summed E-state index contributed by atoms with van der Waals surface area (Å²) in [6.45, 7) is 0. The zero-order valence-electron chi connectivity index (χ0n) is 40.6. The Morgan fingerprint density at radius 1 is 0.289 bits per heavy atom. The van der Waals surface area contributed by atoms with Gasteiger partial charge in [-0.15, -0.1) is 0 Å². The van der Waals surface area contributed by atoms with Gasteiger partial charge in [-0.05, 0) is 60.7 Å². The number of pyridine rings is 1. The molecule has 0 radical (unpaired) electrons. The lowest BCUT2D eigenvalue weighted by Crippen LogP contribution is -2.02. The molecule has 0 aliphatic heterocycles. The largest absolute Gasteiger partial charge is 0.455 e. The molecule has 0 atom stereocenters. The second kappa shape index (κ2) is 16.5. The number of nitrogens with zero attached hydrogens (tertiary/aromatic N) is 6. The minimum atomic E-state index is 0.479. The number of aromatic nitrogens is 6. The van der Waals surface area contributed by atoms with Crippen LogP contribution in [0, 0.1) is 0 Å². The van der Waals surface area contributed by atoms with E-state index in [-0.39, 0.29) is 0 Å². The lowest BCUT2D eigenvalue weighted by molar-refractivity contribution is 0.669. The number of fused-ring (bicyclic) bond motifs is 12. The van der Waals surface area contributed by atoms with Gasteiger partial charge in [0.1, 0.15) is 22.3 Å². The number of para-hydroxylation sites is 6. The average Bonchev–Trinajstić information content (AvgIpc) is 4.24. The molecule has 16 rings (SSSR count). The van der Waals surface area contributed by atoms with Gasteiger partial charge < -0.3 is 18.0 Å². The summed E-state index contributed by atoms with van der Waals surface area (Å²) in [5.41, 5.74) is 15.4. The lowest BCUT2D eigenvalue weighted by atomic mass is 9.97. The van der Waals surface area contributed by atoms with Crippen LogP contribution in [0.4, 0.5) is 0 Å². The molecule has 8 heteroatoms. The summed E-state index contributed by atoms with van der Waals surface area (Å²) in [7, 11) is 0. The Morgan fingerprint density at radius 2 is 0.724 bits per heavy atom. The maximum atomic E-state index is 7.08. The monoisotopic (exact) mass is 972 g/mol. The van der Waals surface area contributed by atoms with Crippen molar-refractivity contribution in [3.05, 3.63) is 243 Å². The van der Waals surface area contributed by atoms with Crippen molar-refractivity contribution in [2.45, 2.75) is 0 Å². The highest BCUT2D eigenvalue weighted by Gasteiger charge is 2.25. The van der Waals surface area contributed by atoms with Crippen LogP contribution < -0.4 is 0 Å². The van der Waals surface area contributed by atoms with Crippen LogP contribution in [0.15, 0.2) is 252 Å². The quantitative estimate of drug-likeness (QED) is 0.158. The fraction of sp³-hybridized carbons (Fsp3) is 0. The second-order valence-electron chi connectivity index (χ2n) is 19.3. The molecule has 0 amide bonds. The number of hydrogen-bond donors (Lipinski definition) is 0. The third kappa shape index (κ3) is 6.44. The molecule has 10 aromatic carbocycles. The van der Waals surface area contributed by atoms with Crippen LogP contribution in [-0.2, 0) is 0 Å². The van der Waals surface area contributed by atoms with Gasteiger partial charge in [0.25, 0.3) is 0 Å². The highest BCUT2D eigenvalue weighted by atomic mass is 16.3. The molecular formula is C68H40N6O2. The van der Waals surface area contributed by atoms with Crippen LogP contribution in [-0.4, -0.2) is 29.1 Å². The van der Waals surface area contributed by atoms with E-state index in [1.165, 1.54) is 10.8 Å². The second-order valence-corrected chi connectivity index (χ2v) is 19.3.